The van der Waals surface area contributed by atoms with E-state index in [1.807, 2.05) is 0 Å². The van der Waals surface area contributed by atoms with Crippen molar-refractivity contribution in [3.05, 3.63) is 33.9 Å². The molecule has 1 aliphatic carbocycles. The molecule has 1 saturated carbocycles. The van der Waals surface area contributed by atoms with Gasteiger partial charge in [-0.25, -0.2) is 0 Å². The highest BCUT2D eigenvalue weighted by Crippen LogP contribution is 2.31. The summed E-state index contributed by atoms with van der Waals surface area (Å²) in [5, 5.41) is 22.4. The fourth-order valence-electron chi connectivity index (χ4n) is 2.69. The summed E-state index contributed by atoms with van der Waals surface area (Å²) in [6.45, 7) is 4.40. The van der Waals surface area contributed by atoms with E-state index < -0.39 is 4.92 Å². The van der Waals surface area contributed by atoms with E-state index in [0.29, 0.717) is 17.4 Å². The van der Waals surface area contributed by atoms with Gasteiger partial charge in [-0.15, -0.1) is 0 Å². The van der Waals surface area contributed by atoms with Crippen LogP contribution >= 0.6 is 0 Å². The summed E-state index contributed by atoms with van der Waals surface area (Å²) >= 11 is 0. The van der Waals surface area contributed by atoms with Gasteiger partial charge in [0.25, 0.3) is 5.69 Å². The Balaban J connectivity index is 2.18. The summed E-state index contributed by atoms with van der Waals surface area (Å²) < 4.78 is 0. The molecule has 5 nitrogen and oxygen atoms in total. The number of hydrogen-bond donors (Lipinski definition) is 0. The van der Waals surface area contributed by atoms with Crippen LogP contribution in [0.4, 0.5) is 5.69 Å². The molecule has 0 aliphatic heterocycles. The summed E-state index contributed by atoms with van der Waals surface area (Å²) in [6, 6.07) is 3.96. The van der Waals surface area contributed by atoms with E-state index in [1.54, 1.807) is 0 Å². The summed E-state index contributed by atoms with van der Waals surface area (Å²) in [4.78, 5) is 14.7. The minimum atomic E-state index is -0.498. The van der Waals surface area contributed by atoms with E-state index >= 15 is 0 Å². The minimum absolute atomic E-state index is 0.0730. The largest absolute Gasteiger partial charge is 0.872 e. The van der Waals surface area contributed by atoms with Gasteiger partial charge in [-0.3, -0.25) is 15.1 Å². The molecule has 0 radical (unpaired) electrons. The Morgan fingerprint density at radius 1 is 1.35 bits per heavy atom. The summed E-state index contributed by atoms with van der Waals surface area (Å²) in [7, 11) is 0. The van der Waals surface area contributed by atoms with Gasteiger partial charge < -0.3 is 5.11 Å². The van der Waals surface area contributed by atoms with Crippen molar-refractivity contribution in [1.29, 1.82) is 0 Å². The zero-order valence-corrected chi connectivity index (χ0v) is 11.8. The molecule has 1 aromatic rings. The second-order valence-corrected chi connectivity index (χ2v) is 5.59. The van der Waals surface area contributed by atoms with Crippen LogP contribution in [0.25, 0.3) is 0 Å². The van der Waals surface area contributed by atoms with Gasteiger partial charge in [-0.1, -0.05) is 38.5 Å². The van der Waals surface area contributed by atoms with Crippen molar-refractivity contribution < 1.29 is 10.0 Å². The van der Waals surface area contributed by atoms with Crippen LogP contribution in [-0.4, -0.2) is 17.2 Å². The molecule has 2 rings (SSSR count). The van der Waals surface area contributed by atoms with Crippen LogP contribution in [0.15, 0.2) is 23.2 Å². The first-order valence-electron chi connectivity index (χ1n) is 6.97. The zero-order chi connectivity index (χ0) is 14.7. The Hall–Kier alpha value is -1.91. The van der Waals surface area contributed by atoms with Gasteiger partial charge in [0.2, 0.25) is 0 Å². The molecule has 1 aliphatic rings. The third kappa shape index (κ3) is 3.15. The van der Waals surface area contributed by atoms with E-state index in [2.05, 4.69) is 18.8 Å². The Morgan fingerprint density at radius 2 is 2.10 bits per heavy atom. The smallest absolute Gasteiger partial charge is 0.270 e. The van der Waals surface area contributed by atoms with Crippen molar-refractivity contribution in [2.45, 2.75) is 39.2 Å². The lowest BCUT2D eigenvalue weighted by Gasteiger charge is -2.31. The molecule has 0 spiro atoms. The molecule has 0 bridgehead atoms. The molecular weight excluding hydrogens is 256 g/mol. The van der Waals surface area contributed by atoms with Crippen molar-refractivity contribution in [1.82, 2.24) is 0 Å². The highest BCUT2D eigenvalue weighted by atomic mass is 16.6. The highest BCUT2D eigenvalue weighted by molar-refractivity contribution is 5.84. The van der Waals surface area contributed by atoms with Crippen molar-refractivity contribution in [2.75, 3.05) is 0 Å². The lowest BCUT2D eigenvalue weighted by atomic mass is 9.78. The average molecular weight is 275 g/mol. The third-order valence-corrected chi connectivity index (χ3v) is 4.27. The Labute approximate surface area is 118 Å². The van der Waals surface area contributed by atoms with Crippen LogP contribution in [0.1, 0.15) is 38.7 Å². The molecule has 0 saturated heterocycles. The maximum Gasteiger partial charge on any atom is 0.270 e. The summed E-state index contributed by atoms with van der Waals surface area (Å²) in [5.74, 6) is 0.882. The van der Waals surface area contributed by atoms with Crippen molar-refractivity contribution in [2.24, 2.45) is 16.8 Å². The maximum absolute atomic E-state index is 11.7. The van der Waals surface area contributed by atoms with Crippen LogP contribution in [0.2, 0.25) is 0 Å². The van der Waals surface area contributed by atoms with Gasteiger partial charge in [0.15, 0.2) is 0 Å². The molecule has 5 heteroatoms. The predicted molar refractivity (Wildman–Crippen MR) is 76.1 cm³/mol. The molecule has 0 heterocycles. The van der Waals surface area contributed by atoms with Crippen LogP contribution in [0.3, 0.4) is 0 Å². The lowest BCUT2D eigenvalue weighted by molar-refractivity contribution is -0.385. The molecule has 3 atom stereocenters. The number of hydrogen-bond acceptors (Lipinski definition) is 4. The number of nitro benzene ring substituents is 1. The van der Waals surface area contributed by atoms with Crippen LogP contribution in [0.5, 0.6) is 5.75 Å². The number of nitrogens with zero attached hydrogens (tertiary/aromatic N) is 2. The van der Waals surface area contributed by atoms with E-state index in [-0.39, 0.29) is 17.5 Å². The van der Waals surface area contributed by atoms with Gasteiger partial charge in [0, 0.05) is 18.3 Å². The zero-order valence-electron chi connectivity index (χ0n) is 11.8. The second-order valence-electron chi connectivity index (χ2n) is 5.59. The van der Waals surface area contributed by atoms with Gasteiger partial charge in [0.05, 0.1) is 11.0 Å². The molecule has 0 aromatic heterocycles. The number of nitro groups is 1. The van der Waals surface area contributed by atoms with Gasteiger partial charge in [-0.2, -0.15) is 0 Å². The van der Waals surface area contributed by atoms with Gasteiger partial charge in [-0.05, 0) is 23.8 Å². The number of non-ortho nitro benzene ring substituents is 1. The monoisotopic (exact) mass is 275 g/mol. The van der Waals surface area contributed by atoms with E-state index in [1.165, 1.54) is 30.8 Å². The first-order valence-corrected chi connectivity index (χ1v) is 6.97. The predicted octanol–water partition coefficient (Wildman–Crippen LogP) is 2.91. The molecular formula is C15H19N2O3-. The molecule has 20 heavy (non-hydrogen) atoms. The Kier molecular flexibility index (Phi) is 4.37. The lowest BCUT2D eigenvalue weighted by Crippen LogP contribution is -2.27. The average Bonchev–Trinajstić information content (AvgIpc) is 2.41. The van der Waals surface area contributed by atoms with E-state index in [9.17, 15) is 15.2 Å². The molecule has 0 unspecified atom stereocenters. The molecule has 108 valence electrons. The standard InChI is InChI=1S/C15H20N2O3/c1-10-4-3-5-14(11(10)2)16-9-12-8-13(17(19)20)6-7-15(12)18/h6-11,14,18H,3-5H2,1-2H3/p-1/t10-,11+,14+/m0/s1. The quantitative estimate of drug-likeness (QED) is 0.483. The van der Waals surface area contributed by atoms with Crippen LogP contribution in [0, 0.1) is 22.0 Å². The van der Waals surface area contributed by atoms with Crippen LogP contribution < -0.4 is 5.11 Å². The first-order chi connectivity index (χ1) is 9.49. The molecule has 0 N–H and O–H groups in total. The normalized spacial score (nSPS) is 26.8. The Bertz CT molecular complexity index is 528. The van der Waals surface area contributed by atoms with Crippen molar-refractivity contribution >= 4 is 11.9 Å². The maximum atomic E-state index is 11.7. The van der Waals surface area contributed by atoms with E-state index in [4.69, 9.17) is 0 Å². The molecule has 0 amide bonds. The highest BCUT2D eigenvalue weighted by Gasteiger charge is 2.26. The molecule has 1 aromatic carbocycles. The first kappa shape index (κ1) is 14.5. The number of rotatable bonds is 3. The fourth-order valence-corrected chi connectivity index (χ4v) is 2.69. The summed E-state index contributed by atoms with van der Waals surface area (Å²) in [5.41, 5.74) is 0.223. The fraction of sp³-hybridized carbons (Fsp3) is 0.533. The SMILES string of the molecule is C[C@@H]1[C@@H](C)CCC[C@H]1N=Cc1cc([N+](=O)[O-])ccc1[O-]. The van der Waals surface area contributed by atoms with E-state index in [0.717, 1.165) is 12.8 Å². The van der Waals surface area contributed by atoms with Gasteiger partial charge >= 0.3 is 0 Å². The number of benzene rings is 1. The van der Waals surface area contributed by atoms with Crippen LogP contribution in [-0.2, 0) is 0 Å². The topological polar surface area (TPSA) is 78.6 Å². The van der Waals surface area contributed by atoms with Crippen molar-refractivity contribution in [3.8, 4) is 5.75 Å². The third-order valence-electron chi connectivity index (χ3n) is 4.27. The minimum Gasteiger partial charge on any atom is -0.872 e. The number of aliphatic imine (C=N–C) groups is 1. The molecule has 1 fully saturated rings. The van der Waals surface area contributed by atoms with Gasteiger partial charge in [0.1, 0.15) is 0 Å². The Morgan fingerprint density at radius 3 is 2.80 bits per heavy atom. The summed E-state index contributed by atoms with van der Waals surface area (Å²) in [6.07, 6.45) is 4.89. The second kappa shape index (κ2) is 6.03. The van der Waals surface area contributed by atoms with Crippen molar-refractivity contribution in [3.63, 3.8) is 0 Å².